The molecule has 0 saturated carbocycles. The Kier molecular flexibility index (Phi) is 6.43. The second kappa shape index (κ2) is 7.87. The molecule has 0 amide bonds. The number of benzene rings is 1. The number of aliphatic hydroxyl groups excluding tert-OH is 2. The van der Waals surface area contributed by atoms with Crippen molar-refractivity contribution in [2.24, 2.45) is 5.92 Å². The SMILES string of the molecule is C=CCNC(O)c1ccccc1NCC(C)CO. The highest BCUT2D eigenvalue weighted by molar-refractivity contribution is 5.52. The third kappa shape index (κ3) is 4.49. The fourth-order valence-corrected chi connectivity index (χ4v) is 1.55. The zero-order valence-electron chi connectivity index (χ0n) is 10.8. The third-order valence-corrected chi connectivity index (χ3v) is 2.66. The van der Waals surface area contributed by atoms with Gasteiger partial charge >= 0.3 is 0 Å². The Hall–Kier alpha value is -1.36. The first-order valence-corrected chi connectivity index (χ1v) is 6.15. The molecule has 0 aliphatic heterocycles. The van der Waals surface area contributed by atoms with Crippen LogP contribution in [0.3, 0.4) is 0 Å². The summed E-state index contributed by atoms with van der Waals surface area (Å²) in [5.41, 5.74) is 1.67. The van der Waals surface area contributed by atoms with Crippen molar-refractivity contribution < 1.29 is 10.2 Å². The summed E-state index contributed by atoms with van der Waals surface area (Å²) >= 11 is 0. The van der Waals surface area contributed by atoms with Crippen LogP contribution in [0.4, 0.5) is 5.69 Å². The van der Waals surface area contributed by atoms with E-state index in [4.69, 9.17) is 5.11 Å². The fraction of sp³-hybridized carbons (Fsp3) is 0.429. The van der Waals surface area contributed by atoms with E-state index in [0.29, 0.717) is 13.1 Å². The van der Waals surface area contributed by atoms with Gasteiger partial charge < -0.3 is 15.5 Å². The molecule has 0 bridgehead atoms. The summed E-state index contributed by atoms with van der Waals surface area (Å²) in [6.07, 6.45) is 0.976. The Morgan fingerprint density at radius 1 is 1.39 bits per heavy atom. The minimum absolute atomic E-state index is 0.145. The molecule has 0 heterocycles. The van der Waals surface area contributed by atoms with E-state index in [2.05, 4.69) is 17.2 Å². The Labute approximate surface area is 108 Å². The Bertz CT molecular complexity index is 369. The average Bonchev–Trinajstić information content (AvgIpc) is 2.42. The molecule has 1 aromatic carbocycles. The van der Waals surface area contributed by atoms with Crippen molar-refractivity contribution in [2.75, 3.05) is 25.0 Å². The van der Waals surface area contributed by atoms with Crippen LogP contribution in [-0.4, -0.2) is 29.9 Å². The first kappa shape index (κ1) is 14.7. The standard InChI is InChI=1S/C14H22N2O2/c1-3-8-15-14(18)12-6-4-5-7-13(12)16-9-11(2)10-17/h3-7,11,14-18H,1,8-10H2,2H3. The molecule has 0 spiro atoms. The largest absolute Gasteiger partial charge is 0.396 e. The molecule has 4 heteroatoms. The molecule has 100 valence electrons. The van der Waals surface area contributed by atoms with Crippen molar-refractivity contribution >= 4 is 5.69 Å². The number of rotatable bonds is 8. The summed E-state index contributed by atoms with van der Waals surface area (Å²) < 4.78 is 0. The molecule has 1 rings (SSSR count). The van der Waals surface area contributed by atoms with Gasteiger partial charge in [-0.2, -0.15) is 0 Å². The molecule has 2 atom stereocenters. The van der Waals surface area contributed by atoms with Gasteiger partial charge in [0.2, 0.25) is 0 Å². The van der Waals surface area contributed by atoms with E-state index in [1.807, 2.05) is 31.2 Å². The van der Waals surface area contributed by atoms with Crippen LogP contribution in [0, 0.1) is 5.92 Å². The van der Waals surface area contributed by atoms with Crippen LogP contribution >= 0.6 is 0 Å². The molecule has 18 heavy (non-hydrogen) atoms. The van der Waals surface area contributed by atoms with Crippen molar-refractivity contribution in [3.63, 3.8) is 0 Å². The van der Waals surface area contributed by atoms with Gasteiger partial charge in [0.05, 0.1) is 0 Å². The number of anilines is 1. The molecule has 0 radical (unpaired) electrons. The lowest BCUT2D eigenvalue weighted by Gasteiger charge is -2.18. The average molecular weight is 250 g/mol. The molecule has 0 fully saturated rings. The molecule has 0 aliphatic carbocycles. The smallest absolute Gasteiger partial charge is 0.133 e. The van der Waals surface area contributed by atoms with Gasteiger partial charge in [0.15, 0.2) is 0 Å². The van der Waals surface area contributed by atoms with Crippen LogP contribution < -0.4 is 10.6 Å². The van der Waals surface area contributed by atoms with E-state index in [1.54, 1.807) is 6.08 Å². The summed E-state index contributed by atoms with van der Waals surface area (Å²) in [5, 5.41) is 25.2. The first-order valence-electron chi connectivity index (χ1n) is 6.15. The summed E-state index contributed by atoms with van der Waals surface area (Å²) in [6, 6.07) is 7.58. The van der Waals surface area contributed by atoms with Crippen molar-refractivity contribution in [3.8, 4) is 0 Å². The zero-order chi connectivity index (χ0) is 13.4. The normalized spacial score (nSPS) is 13.9. The van der Waals surface area contributed by atoms with Crippen molar-refractivity contribution in [1.82, 2.24) is 5.32 Å². The van der Waals surface area contributed by atoms with E-state index >= 15 is 0 Å². The Morgan fingerprint density at radius 2 is 2.11 bits per heavy atom. The highest BCUT2D eigenvalue weighted by Crippen LogP contribution is 2.21. The maximum Gasteiger partial charge on any atom is 0.133 e. The lowest BCUT2D eigenvalue weighted by atomic mass is 10.1. The molecule has 0 aliphatic rings. The van der Waals surface area contributed by atoms with E-state index in [0.717, 1.165) is 11.3 Å². The highest BCUT2D eigenvalue weighted by Gasteiger charge is 2.11. The van der Waals surface area contributed by atoms with Gasteiger partial charge in [0.1, 0.15) is 6.23 Å². The number of aliphatic hydroxyl groups is 2. The second-order valence-corrected chi connectivity index (χ2v) is 4.36. The first-order chi connectivity index (χ1) is 8.69. The molecule has 1 aromatic rings. The molecular formula is C14H22N2O2. The van der Waals surface area contributed by atoms with Gasteiger partial charge in [-0.15, -0.1) is 6.58 Å². The minimum Gasteiger partial charge on any atom is -0.396 e. The number of hydrogen-bond acceptors (Lipinski definition) is 4. The van der Waals surface area contributed by atoms with Crippen LogP contribution in [0.5, 0.6) is 0 Å². The predicted molar refractivity (Wildman–Crippen MR) is 74.3 cm³/mol. The van der Waals surface area contributed by atoms with E-state index in [-0.39, 0.29) is 12.5 Å². The van der Waals surface area contributed by atoms with Crippen molar-refractivity contribution in [3.05, 3.63) is 42.5 Å². The monoisotopic (exact) mass is 250 g/mol. The van der Waals surface area contributed by atoms with Crippen LogP contribution in [-0.2, 0) is 0 Å². The van der Waals surface area contributed by atoms with Gasteiger partial charge in [-0.25, -0.2) is 0 Å². The van der Waals surface area contributed by atoms with Gasteiger partial charge in [0.25, 0.3) is 0 Å². The Balaban J connectivity index is 2.69. The van der Waals surface area contributed by atoms with E-state index in [9.17, 15) is 5.11 Å². The molecule has 2 unspecified atom stereocenters. The number of nitrogens with one attached hydrogen (secondary N) is 2. The van der Waals surface area contributed by atoms with Gasteiger partial charge in [-0.1, -0.05) is 31.2 Å². The van der Waals surface area contributed by atoms with Gasteiger partial charge in [-0.05, 0) is 12.0 Å². The molecule has 0 aromatic heterocycles. The zero-order valence-corrected chi connectivity index (χ0v) is 10.8. The fourth-order valence-electron chi connectivity index (χ4n) is 1.55. The third-order valence-electron chi connectivity index (χ3n) is 2.66. The van der Waals surface area contributed by atoms with Crippen LogP contribution in [0.2, 0.25) is 0 Å². The summed E-state index contributed by atoms with van der Waals surface area (Å²) in [4.78, 5) is 0. The minimum atomic E-state index is -0.726. The van der Waals surface area contributed by atoms with Crippen molar-refractivity contribution in [1.29, 1.82) is 0 Å². The molecule has 4 N–H and O–H groups in total. The summed E-state index contributed by atoms with van der Waals surface area (Å²) in [5.74, 6) is 0.177. The Morgan fingerprint density at radius 3 is 2.78 bits per heavy atom. The van der Waals surface area contributed by atoms with Crippen molar-refractivity contribution in [2.45, 2.75) is 13.2 Å². The second-order valence-electron chi connectivity index (χ2n) is 4.36. The summed E-state index contributed by atoms with van der Waals surface area (Å²) in [6.45, 7) is 6.92. The van der Waals surface area contributed by atoms with Crippen LogP contribution in [0.15, 0.2) is 36.9 Å². The maximum atomic E-state index is 10.0. The highest BCUT2D eigenvalue weighted by atomic mass is 16.3. The molecule has 0 saturated heterocycles. The predicted octanol–water partition coefficient (Wildman–Crippen LogP) is 1.49. The summed E-state index contributed by atoms with van der Waals surface area (Å²) in [7, 11) is 0. The lowest BCUT2D eigenvalue weighted by Crippen LogP contribution is -2.23. The van der Waals surface area contributed by atoms with Crippen LogP contribution in [0.1, 0.15) is 18.7 Å². The van der Waals surface area contributed by atoms with Gasteiger partial charge in [-0.3, -0.25) is 5.32 Å². The number of hydrogen-bond donors (Lipinski definition) is 4. The topological polar surface area (TPSA) is 64.5 Å². The van der Waals surface area contributed by atoms with E-state index < -0.39 is 6.23 Å². The number of para-hydroxylation sites is 1. The quantitative estimate of drug-likeness (QED) is 0.417. The maximum absolute atomic E-state index is 10.0. The molecular weight excluding hydrogens is 228 g/mol. The van der Waals surface area contributed by atoms with Gasteiger partial charge in [0, 0.05) is 30.9 Å². The molecule has 4 nitrogen and oxygen atoms in total. The van der Waals surface area contributed by atoms with E-state index in [1.165, 1.54) is 0 Å². The van der Waals surface area contributed by atoms with Crippen LogP contribution in [0.25, 0.3) is 0 Å². The lowest BCUT2D eigenvalue weighted by molar-refractivity contribution is 0.144.